The Bertz CT molecular complexity index is 389. The molecule has 1 aromatic heterocycles. The number of fused-ring (bicyclic) bond motifs is 1. The lowest BCUT2D eigenvalue weighted by atomic mass is 10.1. The Kier molecular flexibility index (Phi) is 1.59. The van der Waals surface area contributed by atoms with Gasteiger partial charge in [-0.15, -0.1) is 0 Å². The molecule has 2 aromatic rings. The van der Waals surface area contributed by atoms with Crippen molar-refractivity contribution in [1.82, 2.24) is 10.2 Å². The number of rotatable bonds is 1. The molecule has 0 bridgehead atoms. The van der Waals surface area contributed by atoms with Gasteiger partial charge in [-0.1, -0.05) is 12.1 Å². The van der Waals surface area contributed by atoms with E-state index in [1.165, 1.54) is 0 Å². The topological polar surface area (TPSA) is 54.7 Å². The van der Waals surface area contributed by atoms with E-state index in [-0.39, 0.29) is 6.04 Å². The van der Waals surface area contributed by atoms with Gasteiger partial charge in [-0.3, -0.25) is 5.10 Å². The van der Waals surface area contributed by atoms with E-state index in [0.717, 1.165) is 16.5 Å². The number of H-pyrrole nitrogens is 1. The number of nitrogens with two attached hydrogens (primary N) is 1. The molecule has 0 amide bonds. The minimum atomic E-state index is 0.0812. The molecule has 1 aromatic carbocycles. The van der Waals surface area contributed by atoms with Crippen LogP contribution in [0.4, 0.5) is 0 Å². The zero-order chi connectivity index (χ0) is 8.55. The second-order valence-corrected chi connectivity index (χ2v) is 3.01. The maximum absolute atomic E-state index is 5.74. The van der Waals surface area contributed by atoms with Gasteiger partial charge in [-0.2, -0.15) is 5.10 Å². The highest BCUT2D eigenvalue weighted by atomic mass is 15.1. The van der Waals surface area contributed by atoms with Gasteiger partial charge < -0.3 is 5.73 Å². The molecule has 0 aliphatic heterocycles. The third kappa shape index (κ3) is 1.08. The molecule has 0 radical (unpaired) electrons. The highest BCUT2D eigenvalue weighted by Gasteiger charge is 2.00. The summed E-state index contributed by atoms with van der Waals surface area (Å²) in [4.78, 5) is 0. The van der Waals surface area contributed by atoms with Gasteiger partial charge in [-0.05, 0) is 18.6 Å². The van der Waals surface area contributed by atoms with Crippen molar-refractivity contribution in [3.8, 4) is 0 Å². The summed E-state index contributed by atoms with van der Waals surface area (Å²) in [6.45, 7) is 1.97. The van der Waals surface area contributed by atoms with Crippen molar-refractivity contribution in [3.05, 3.63) is 30.0 Å². The second kappa shape index (κ2) is 2.60. The van der Waals surface area contributed by atoms with Crippen LogP contribution in [0.5, 0.6) is 0 Å². The number of nitrogens with one attached hydrogen (secondary N) is 1. The summed E-state index contributed by atoms with van der Waals surface area (Å²) >= 11 is 0. The van der Waals surface area contributed by atoms with E-state index in [4.69, 9.17) is 5.73 Å². The number of nitrogens with zero attached hydrogens (tertiary/aromatic N) is 1. The Labute approximate surface area is 70.6 Å². The molecule has 12 heavy (non-hydrogen) atoms. The number of hydrogen-bond donors (Lipinski definition) is 2. The minimum Gasteiger partial charge on any atom is -0.324 e. The summed E-state index contributed by atoms with van der Waals surface area (Å²) in [5.41, 5.74) is 7.92. The quantitative estimate of drug-likeness (QED) is 0.667. The van der Waals surface area contributed by atoms with Crippen LogP contribution in [0, 0.1) is 0 Å². The summed E-state index contributed by atoms with van der Waals surface area (Å²) in [6.07, 6.45) is 1.81. The van der Waals surface area contributed by atoms with Crippen LogP contribution in [-0.4, -0.2) is 10.2 Å². The monoisotopic (exact) mass is 161 g/mol. The van der Waals surface area contributed by atoms with Gasteiger partial charge >= 0.3 is 0 Å². The highest BCUT2D eigenvalue weighted by Crippen LogP contribution is 2.16. The summed E-state index contributed by atoms with van der Waals surface area (Å²) in [5.74, 6) is 0. The normalized spacial score (nSPS) is 13.5. The Morgan fingerprint density at radius 2 is 2.33 bits per heavy atom. The molecule has 0 aliphatic carbocycles. The van der Waals surface area contributed by atoms with E-state index in [1.54, 1.807) is 6.20 Å². The van der Waals surface area contributed by atoms with Gasteiger partial charge in [0.25, 0.3) is 0 Å². The summed E-state index contributed by atoms with van der Waals surface area (Å²) < 4.78 is 0. The predicted octanol–water partition coefficient (Wildman–Crippen LogP) is 1.58. The maximum atomic E-state index is 5.74. The molecule has 62 valence electrons. The van der Waals surface area contributed by atoms with Crippen LogP contribution in [0.15, 0.2) is 24.4 Å². The van der Waals surface area contributed by atoms with Crippen molar-refractivity contribution in [2.24, 2.45) is 5.73 Å². The largest absolute Gasteiger partial charge is 0.324 e. The van der Waals surface area contributed by atoms with Crippen LogP contribution < -0.4 is 5.73 Å². The van der Waals surface area contributed by atoms with E-state index >= 15 is 0 Å². The SMILES string of the molecule is C[C@@H](N)c1ccc2cn[nH]c2c1. The molecular formula is C9H11N3. The van der Waals surface area contributed by atoms with E-state index < -0.39 is 0 Å². The molecule has 0 saturated carbocycles. The van der Waals surface area contributed by atoms with Crippen LogP contribution in [0.25, 0.3) is 10.9 Å². The van der Waals surface area contributed by atoms with Crippen LogP contribution in [-0.2, 0) is 0 Å². The van der Waals surface area contributed by atoms with Gasteiger partial charge in [-0.25, -0.2) is 0 Å². The second-order valence-electron chi connectivity index (χ2n) is 3.01. The molecule has 0 unspecified atom stereocenters. The van der Waals surface area contributed by atoms with Crippen molar-refractivity contribution < 1.29 is 0 Å². The van der Waals surface area contributed by atoms with Crippen LogP contribution in [0.3, 0.4) is 0 Å². The maximum Gasteiger partial charge on any atom is 0.0653 e. The van der Waals surface area contributed by atoms with Crippen molar-refractivity contribution >= 4 is 10.9 Å². The fraction of sp³-hybridized carbons (Fsp3) is 0.222. The first-order valence-corrected chi connectivity index (χ1v) is 3.96. The Balaban J connectivity index is 2.60. The van der Waals surface area contributed by atoms with Crippen LogP contribution >= 0.6 is 0 Å². The van der Waals surface area contributed by atoms with Crippen molar-refractivity contribution in [2.75, 3.05) is 0 Å². The van der Waals surface area contributed by atoms with E-state index in [9.17, 15) is 0 Å². The summed E-state index contributed by atoms with van der Waals surface area (Å²) in [5, 5.41) is 7.97. The zero-order valence-corrected chi connectivity index (χ0v) is 6.91. The first kappa shape index (κ1) is 7.31. The van der Waals surface area contributed by atoms with Crippen molar-refractivity contribution in [1.29, 1.82) is 0 Å². The Morgan fingerprint density at radius 3 is 3.08 bits per heavy atom. The fourth-order valence-corrected chi connectivity index (χ4v) is 1.24. The van der Waals surface area contributed by atoms with Crippen molar-refractivity contribution in [2.45, 2.75) is 13.0 Å². The number of aromatic nitrogens is 2. The molecule has 3 nitrogen and oxygen atoms in total. The average Bonchev–Trinajstić information content (AvgIpc) is 2.49. The lowest BCUT2D eigenvalue weighted by Gasteiger charge is -2.03. The predicted molar refractivity (Wildman–Crippen MR) is 48.7 cm³/mol. The first-order chi connectivity index (χ1) is 5.77. The standard InChI is InChI=1S/C9H11N3/c1-6(10)7-2-3-8-5-11-12-9(8)4-7/h2-6H,10H2,1H3,(H,11,12)/t6-/m1/s1. The lowest BCUT2D eigenvalue weighted by Crippen LogP contribution is -2.04. The summed E-state index contributed by atoms with van der Waals surface area (Å²) in [7, 11) is 0. The fourth-order valence-electron chi connectivity index (χ4n) is 1.24. The molecule has 0 aliphatic rings. The van der Waals surface area contributed by atoms with Crippen molar-refractivity contribution in [3.63, 3.8) is 0 Å². The molecule has 0 saturated heterocycles. The molecule has 1 atom stereocenters. The number of aromatic amines is 1. The highest BCUT2D eigenvalue weighted by molar-refractivity contribution is 5.78. The Morgan fingerprint density at radius 1 is 1.50 bits per heavy atom. The van der Waals surface area contributed by atoms with Gasteiger partial charge in [0, 0.05) is 11.4 Å². The first-order valence-electron chi connectivity index (χ1n) is 3.96. The molecule has 0 spiro atoms. The van der Waals surface area contributed by atoms with Gasteiger partial charge in [0.05, 0.1) is 11.7 Å². The average molecular weight is 161 g/mol. The zero-order valence-electron chi connectivity index (χ0n) is 6.91. The lowest BCUT2D eigenvalue weighted by molar-refractivity contribution is 0.819. The van der Waals surface area contributed by atoms with E-state index in [2.05, 4.69) is 10.2 Å². The molecule has 3 N–H and O–H groups in total. The molecule has 0 fully saturated rings. The van der Waals surface area contributed by atoms with Crippen LogP contribution in [0.2, 0.25) is 0 Å². The smallest absolute Gasteiger partial charge is 0.0653 e. The van der Waals surface area contributed by atoms with Gasteiger partial charge in [0.2, 0.25) is 0 Å². The van der Waals surface area contributed by atoms with Crippen LogP contribution in [0.1, 0.15) is 18.5 Å². The minimum absolute atomic E-state index is 0.0812. The summed E-state index contributed by atoms with van der Waals surface area (Å²) in [6, 6.07) is 6.17. The van der Waals surface area contributed by atoms with Gasteiger partial charge in [0.1, 0.15) is 0 Å². The Hall–Kier alpha value is -1.35. The number of hydrogen-bond acceptors (Lipinski definition) is 2. The van der Waals surface area contributed by atoms with Gasteiger partial charge in [0.15, 0.2) is 0 Å². The van der Waals surface area contributed by atoms with E-state index in [1.807, 2.05) is 25.1 Å². The third-order valence-electron chi connectivity index (χ3n) is 1.99. The number of benzene rings is 1. The molecule has 3 heteroatoms. The molecule has 2 rings (SSSR count). The van der Waals surface area contributed by atoms with E-state index in [0.29, 0.717) is 0 Å². The molecule has 1 heterocycles. The third-order valence-corrected chi connectivity index (χ3v) is 1.99. The molecular weight excluding hydrogens is 150 g/mol.